The van der Waals surface area contributed by atoms with Crippen LogP contribution in [0.25, 0.3) is 5.57 Å². The van der Waals surface area contributed by atoms with E-state index in [1.165, 1.54) is 7.05 Å². The van der Waals surface area contributed by atoms with Crippen molar-refractivity contribution in [2.45, 2.75) is 13.0 Å². The molecule has 2 aromatic carbocycles. The van der Waals surface area contributed by atoms with Crippen molar-refractivity contribution >= 4 is 13.3 Å². The number of fused-ring (bicyclic) bond motifs is 2. The van der Waals surface area contributed by atoms with Crippen molar-refractivity contribution in [2.24, 2.45) is 0 Å². The highest BCUT2D eigenvalue weighted by Gasteiger charge is 2.21. The third-order valence-electron chi connectivity index (χ3n) is 4.11. The molecule has 2 aromatic rings. The minimum atomic E-state index is -4.19. The van der Waals surface area contributed by atoms with E-state index in [1.807, 2.05) is 48.5 Å². The van der Waals surface area contributed by atoms with E-state index >= 15 is 0 Å². The lowest BCUT2D eigenvalue weighted by molar-refractivity contribution is 0.294. The van der Waals surface area contributed by atoms with E-state index in [9.17, 15) is 14.4 Å². The van der Waals surface area contributed by atoms with Crippen LogP contribution in [0.3, 0.4) is 0 Å². The van der Waals surface area contributed by atoms with Gasteiger partial charge in [-0.1, -0.05) is 48.5 Å². The van der Waals surface area contributed by atoms with Crippen LogP contribution in [0.1, 0.15) is 23.1 Å². The Bertz CT molecular complexity index is 763. The molecule has 0 radical (unpaired) electrons. The molecule has 126 valence electrons. The second kappa shape index (κ2) is 6.91. The highest BCUT2D eigenvalue weighted by Crippen LogP contribution is 2.39. The number of rotatable bonds is 4. The lowest BCUT2D eigenvalue weighted by atomic mass is 9.93. The summed E-state index contributed by atoms with van der Waals surface area (Å²) in [7, 11) is -2.76. The fraction of sp³-hybridized carbons (Fsp3) is 0.222. The van der Waals surface area contributed by atoms with Crippen LogP contribution in [0.5, 0.6) is 5.75 Å². The van der Waals surface area contributed by atoms with Gasteiger partial charge in [-0.05, 0) is 36.2 Å². The Hall–Kier alpha value is -1.91. The molecule has 0 amide bonds. The number of ether oxygens (including phenoxy) is 1. The van der Waals surface area contributed by atoms with Crippen molar-refractivity contribution in [3.63, 3.8) is 0 Å². The zero-order valence-corrected chi connectivity index (χ0v) is 14.3. The largest absolute Gasteiger partial charge is 0.488 e. The first-order valence-electron chi connectivity index (χ1n) is 7.74. The molecule has 1 aliphatic heterocycles. The summed E-state index contributed by atoms with van der Waals surface area (Å²) in [6.45, 7) is 0.784. The monoisotopic (exact) mass is 345 g/mol. The number of benzene rings is 2. The van der Waals surface area contributed by atoms with Crippen molar-refractivity contribution in [3.8, 4) is 5.75 Å². The normalized spacial score (nSPS) is 15.6. The topological polar surface area (TPSA) is 70.0 Å². The standard InChI is InChI=1S/C18H20NO4P/c1-19(24(20,21)22)12-6-10-16-15-8-3-2-7-14(15)13-23-18-11-5-4-9-17(16)18/h2-5,7-11H,6,12-13H2,1H3,(H2,20,21,22)/b16-10-. The summed E-state index contributed by atoms with van der Waals surface area (Å²) in [4.78, 5) is 18.4. The van der Waals surface area contributed by atoms with E-state index in [1.54, 1.807) is 0 Å². The summed E-state index contributed by atoms with van der Waals surface area (Å²) in [5.41, 5.74) is 4.24. The van der Waals surface area contributed by atoms with Crippen molar-refractivity contribution in [1.82, 2.24) is 4.67 Å². The van der Waals surface area contributed by atoms with Gasteiger partial charge in [-0.3, -0.25) is 0 Å². The number of hydrogen-bond acceptors (Lipinski definition) is 2. The van der Waals surface area contributed by atoms with Gasteiger partial charge in [-0.15, -0.1) is 0 Å². The molecular weight excluding hydrogens is 325 g/mol. The molecule has 6 heteroatoms. The fourth-order valence-corrected chi connectivity index (χ4v) is 3.15. The third kappa shape index (κ3) is 3.60. The van der Waals surface area contributed by atoms with E-state index < -0.39 is 7.75 Å². The molecule has 0 atom stereocenters. The van der Waals surface area contributed by atoms with Gasteiger partial charge in [0.1, 0.15) is 12.4 Å². The van der Waals surface area contributed by atoms with Crippen molar-refractivity contribution in [3.05, 3.63) is 71.3 Å². The molecule has 1 heterocycles. The Kier molecular flexibility index (Phi) is 4.88. The minimum Gasteiger partial charge on any atom is -0.488 e. The molecule has 0 fully saturated rings. The second-order valence-electron chi connectivity index (χ2n) is 5.74. The highest BCUT2D eigenvalue weighted by atomic mass is 31.2. The molecule has 2 N–H and O–H groups in total. The van der Waals surface area contributed by atoms with Crippen LogP contribution in [0, 0.1) is 0 Å². The maximum atomic E-state index is 11.2. The Balaban J connectivity index is 1.96. The molecule has 0 bridgehead atoms. The van der Waals surface area contributed by atoms with Crippen LogP contribution >= 0.6 is 7.75 Å². The van der Waals surface area contributed by atoms with Crippen LogP contribution in [0.15, 0.2) is 54.6 Å². The predicted octanol–water partition coefficient (Wildman–Crippen LogP) is 3.43. The van der Waals surface area contributed by atoms with Gasteiger partial charge in [0.25, 0.3) is 0 Å². The van der Waals surface area contributed by atoms with Crippen LogP contribution in [0.2, 0.25) is 0 Å². The first kappa shape index (κ1) is 16.9. The number of hydrogen-bond donors (Lipinski definition) is 2. The van der Waals surface area contributed by atoms with Gasteiger partial charge in [0.2, 0.25) is 0 Å². The van der Waals surface area contributed by atoms with E-state index in [-0.39, 0.29) is 6.54 Å². The molecule has 3 rings (SSSR count). The maximum Gasteiger partial charge on any atom is 0.402 e. The second-order valence-corrected chi connectivity index (χ2v) is 7.45. The Morgan fingerprint density at radius 1 is 1.12 bits per heavy atom. The van der Waals surface area contributed by atoms with E-state index in [2.05, 4.69) is 6.07 Å². The average molecular weight is 345 g/mol. The molecule has 0 aliphatic carbocycles. The van der Waals surface area contributed by atoms with Gasteiger partial charge in [-0.25, -0.2) is 9.24 Å². The average Bonchev–Trinajstić information content (AvgIpc) is 2.72. The maximum absolute atomic E-state index is 11.2. The fourth-order valence-electron chi connectivity index (χ4n) is 2.77. The van der Waals surface area contributed by atoms with Gasteiger partial charge in [0.05, 0.1) is 0 Å². The third-order valence-corrected chi connectivity index (χ3v) is 5.20. The van der Waals surface area contributed by atoms with Gasteiger partial charge in [0.15, 0.2) is 0 Å². The molecular formula is C18H20NO4P. The van der Waals surface area contributed by atoms with Gasteiger partial charge >= 0.3 is 7.75 Å². The van der Waals surface area contributed by atoms with Gasteiger partial charge in [0, 0.05) is 12.1 Å². The van der Waals surface area contributed by atoms with Gasteiger partial charge in [-0.2, -0.15) is 0 Å². The van der Waals surface area contributed by atoms with Crippen LogP contribution < -0.4 is 4.74 Å². The number of para-hydroxylation sites is 1. The van der Waals surface area contributed by atoms with E-state index in [4.69, 9.17) is 4.74 Å². The van der Waals surface area contributed by atoms with Crippen molar-refractivity contribution in [2.75, 3.05) is 13.6 Å². The summed E-state index contributed by atoms with van der Waals surface area (Å²) < 4.78 is 18.2. The van der Waals surface area contributed by atoms with E-state index in [0.717, 1.165) is 32.7 Å². The predicted molar refractivity (Wildman–Crippen MR) is 93.6 cm³/mol. The molecule has 1 aliphatic rings. The molecule has 0 saturated carbocycles. The Labute approximate surface area is 141 Å². The summed E-state index contributed by atoms with van der Waals surface area (Å²) in [6, 6.07) is 15.9. The molecule has 5 nitrogen and oxygen atoms in total. The Morgan fingerprint density at radius 2 is 1.79 bits per heavy atom. The summed E-state index contributed by atoms with van der Waals surface area (Å²) in [5.74, 6) is 0.822. The SMILES string of the molecule is CN(CC/C=C1/c2ccccc2COc2ccccc21)P(=O)(O)O. The first-order chi connectivity index (χ1) is 11.5. The first-order valence-corrected chi connectivity index (χ1v) is 9.31. The zero-order valence-electron chi connectivity index (χ0n) is 13.4. The zero-order chi connectivity index (χ0) is 17.2. The van der Waals surface area contributed by atoms with Crippen LogP contribution in [0.4, 0.5) is 0 Å². The highest BCUT2D eigenvalue weighted by molar-refractivity contribution is 7.49. The minimum absolute atomic E-state index is 0.277. The van der Waals surface area contributed by atoms with Crippen LogP contribution in [-0.4, -0.2) is 28.0 Å². The Morgan fingerprint density at radius 3 is 2.54 bits per heavy atom. The molecule has 0 saturated heterocycles. The lowest BCUT2D eigenvalue weighted by Gasteiger charge is -2.17. The molecule has 0 unspecified atom stereocenters. The molecule has 24 heavy (non-hydrogen) atoms. The molecule has 0 aromatic heterocycles. The number of nitrogens with zero attached hydrogens (tertiary/aromatic N) is 1. The van der Waals surface area contributed by atoms with Gasteiger partial charge < -0.3 is 14.5 Å². The van der Waals surface area contributed by atoms with Crippen LogP contribution in [-0.2, 0) is 11.2 Å². The quantitative estimate of drug-likeness (QED) is 0.831. The smallest absolute Gasteiger partial charge is 0.402 e. The summed E-state index contributed by atoms with van der Waals surface area (Å²) >= 11 is 0. The lowest BCUT2D eigenvalue weighted by Crippen LogP contribution is -2.15. The van der Waals surface area contributed by atoms with Crippen molar-refractivity contribution in [1.29, 1.82) is 0 Å². The summed E-state index contributed by atoms with van der Waals surface area (Å²) in [5, 5.41) is 0. The summed E-state index contributed by atoms with van der Waals surface area (Å²) in [6.07, 6.45) is 2.55. The van der Waals surface area contributed by atoms with Crippen molar-refractivity contribution < 1.29 is 19.1 Å². The van der Waals surface area contributed by atoms with E-state index in [0.29, 0.717) is 13.0 Å². The molecule has 0 spiro atoms.